The molecule has 0 spiro atoms. The number of anilines is 2. The SMILES string of the molecule is COC(=O)c1c(N2C(=O)[C@@H]3[C@H](ON(c4ccccc4)[C@H]3c3ccc(OC(=O)c4ccccc4)cc3)C2=O)sc2c1CC[C@@H](C(C)(C)C)C2. The van der Waals surface area contributed by atoms with E-state index < -0.39 is 41.8 Å². The van der Waals surface area contributed by atoms with Crippen molar-refractivity contribution in [2.24, 2.45) is 17.3 Å². The lowest BCUT2D eigenvalue weighted by molar-refractivity contribution is -0.126. The molecular weight excluding hydrogens is 628 g/mol. The number of nitrogens with zero attached hydrogens (tertiary/aromatic N) is 2. The standard InChI is InChI=1S/C38H36N2O7S/c1-38(2,3)24-17-20-27-28(21-24)48-35(29(27)37(44)45-4)39-33(41)30-31(40(47-32(30)34(39)42)25-13-9-6-10-14-25)22-15-18-26(19-16-22)46-36(43)23-11-7-5-8-12-23/h5-16,18-19,24,30-32H,17,20-21H2,1-4H3/t24-,30+,31+,32+/m1/s1. The van der Waals surface area contributed by atoms with Gasteiger partial charge in [-0.1, -0.05) is 69.3 Å². The van der Waals surface area contributed by atoms with Gasteiger partial charge in [-0.2, -0.15) is 0 Å². The van der Waals surface area contributed by atoms with Gasteiger partial charge in [-0.05, 0) is 78.1 Å². The van der Waals surface area contributed by atoms with Crippen molar-refractivity contribution in [2.75, 3.05) is 17.1 Å². The van der Waals surface area contributed by atoms with E-state index in [1.165, 1.54) is 18.4 Å². The van der Waals surface area contributed by atoms with E-state index in [0.717, 1.165) is 28.2 Å². The first kappa shape index (κ1) is 31.8. The largest absolute Gasteiger partial charge is 0.465 e. The number of hydroxylamine groups is 1. The first-order valence-electron chi connectivity index (χ1n) is 16.1. The summed E-state index contributed by atoms with van der Waals surface area (Å²) in [6, 6.07) is 24.2. The fourth-order valence-corrected chi connectivity index (χ4v) is 8.43. The van der Waals surface area contributed by atoms with E-state index in [2.05, 4.69) is 20.8 Å². The van der Waals surface area contributed by atoms with Crippen LogP contribution in [0.1, 0.15) is 70.0 Å². The van der Waals surface area contributed by atoms with Crippen molar-refractivity contribution in [1.82, 2.24) is 0 Å². The van der Waals surface area contributed by atoms with Crippen LogP contribution in [0.25, 0.3) is 0 Å². The molecule has 2 aliphatic heterocycles. The Hall–Kier alpha value is -4.80. The smallest absolute Gasteiger partial charge is 0.343 e. The van der Waals surface area contributed by atoms with Crippen molar-refractivity contribution in [2.45, 2.75) is 52.2 Å². The number of imide groups is 1. The number of ether oxygens (including phenoxy) is 2. The molecule has 7 rings (SSSR count). The number of amides is 2. The third kappa shape index (κ3) is 5.48. The maximum Gasteiger partial charge on any atom is 0.343 e. The minimum absolute atomic E-state index is 0.0704. The molecule has 4 aromatic rings. The maximum atomic E-state index is 14.5. The lowest BCUT2D eigenvalue weighted by Crippen LogP contribution is -2.37. The number of carbonyl (C=O) groups excluding carboxylic acids is 4. The molecule has 2 amide bonds. The van der Waals surface area contributed by atoms with Gasteiger partial charge in [0.2, 0.25) is 5.91 Å². The molecule has 9 nitrogen and oxygen atoms in total. The molecule has 1 aromatic heterocycles. The molecule has 10 heteroatoms. The van der Waals surface area contributed by atoms with Crippen LogP contribution >= 0.6 is 11.3 Å². The molecule has 3 heterocycles. The fraction of sp³-hybridized carbons (Fsp3) is 0.316. The molecule has 0 saturated carbocycles. The number of hydrogen-bond donors (Lipinski definition) is 0. The molecule has 0 unspecified atom stereocenters. The van der Waals surface area contributed by atoms with Gasteiger partial charge in [0.25, 0.3) is 5.91 Å². The van der Waals surface area contributed by atoms with E-state index in [4.69, 9.17) is 14.3 Å². The number of carbonyl (C=O) groups is 4. The van der Waals surface area contributed by atoms with Crippen molar-refractivity contribution in [1.29, 1.82) is 0 Å². The van der Waals surface area contributed by atoms with Gasteiger partial charge in [0.05, 0.1) is 30.0 Å². The Kier molecular flexibility index (Phi) is 8.17. The van der Waals surface area contributed by atoms with Crippen LogP contribution in [0.15, 0.2) is 84.9 Å². The highest BCUT2D eigenvalue weighted by molar-refractivity contribution is 7.17. The average molecular weight is 665 g/mol. The molecule has 4 atom stereocenters. The van der Waals surface area contributed by atoms with Crippen LogP contribution in [0.4, 0.5) is 10.7 Å². The van der Waals surface area contributed by atoms with Crippen LogP contribution in [-0.2, 0) is 32.0 Å². The highest BCUT2D eigenvalue weighted by Gasteiger charge is 2.61. The van der Waals surface area contributed by atoms with Gasteiger partial charge < -0.3 is 9.47 Å². The van der Waals surface area contributed by atoms with Gasteiger partial charge in [-0.25, -0.2) is 19.6 Å². The molecule has 2 saturated heterocycles. The zero-order valence-electron chi connectivity index (χ0n) is 27.2. The predicted molar refractivity (Wildman–Crippen MR) is 181 cm³/mol. The Bertz CT molecular complexity index is 1880. The zero-order chi connectivity index (χ0) is 33.7. The predicted octanol–water partition coefficient (Wildman–Crippen LogP) is 6.96. The number of para-hydroxylation sites is 1. The van der Waals surface area contributed by atoms with Gasteiger partial charge in [0.1, 0.15) is 16.7 Å². The lowest BCUT2D eigenvalue weighted by atomic mass is 9.72. The average Bonchev–Trinajstić information content (AvgIpc) is 3.74. The van der Waals surface area contributed by atoms with E-state index in [1.54, 1.807) is 53.6 Å². The molecule has 48 heavy (non-hydrogen) atoms. The highest BCUT2D eigenvalue weighted by atomic mass is 32.1. The van der Waals surface area contributed by atoms with Crippen molar-refractivity contribution in [3.8, 4) is 5.75 Å². The Morgan fingerprint density at radius 3 is 2.19 bits per heavy atom. The number of benzene rings is 3. The third-order valence-corrected chi connectivity index (χ3v) is 10.9. The third-order valence-electron chi connectivity index (χ3n) is 9.63. The van der Waals surface area contributed by atoms with E-state index in [0.29, 0.717) is 45.5 Å². The molecule has 0 bridgehead atoms. The zero-order valence-corrected chi connectivity index (χ0v) is 28.0. The fourth-order valence-electron chi connectivity index (χ4n) is 7.01. The van der Waals surface area contributed by atoms with Crippen LogP contribution in [0.2, 0.25) is 0 Å². The number of esters is 2. The second kappa shape index (κ2) is 12.3. The summed E-state index contributed by atoms with van der Waals surface area (Å²) in [7, 11) is 1.32. The van der Waals surface area contributed by atoms with Crippen LogP contribution in [-0.4, -0.2) is 37.0 Å². The number of fused-ring (bicyclic) bond motifs is 2. The number of rotatable bonds is 6. The molecule has 2 fully saturated rings. The van der Waals surface area contributed by atoms with E-state index in [9.17, 15) is 19.2 Å². The maximum absolute atomic E-state index is 14.5. The summed E-state index contributed by atoms with van der Waals surface area (Å²) < 4.78 is 10.8. The summed E-state index contributed by atoms with van der Waals surface area (Å²) in [4.78, 5) is 63.1. The van der Waals surface area contributed by atoms with Crippen molar-refractivity contribution >= 4 is 45.8 Å². The molecular formula is C38H36N2O7S. The first-order valence-corrected chi connectivity index (χ1v) is 16.9. The normalized spacial score (nSPS) is 22.0. The second-order valence-electron chi connectivity index (χ2n) is 13.5. The molecule has 1 aliphatic carbocycles. The first-order chi connectivity index (χ1) is 23.1. The van der Waals surface area contributed by atoms with E-state index in [-0.39, 0.29) is 5.41 Å². The Morgan fingerprint density at radius 2 is 1.54 bits per heavy atom. The summed E-state index contributed by atoms with van der Waals surface area (Å²) >= 11 is 1.33. The number of methoxy groups -OCH3 is 1. The lowest BCUT2D eigenvalue weighted by Gasteiger charge is -2.33. The number of hydrogen-bond acceptors (Lipinski definition) is 9. The summed E-state index contributed by atoms with van der Waals surface area (Å²) in [5.41, 5.74) is 3.03. The molecule has 3 aromatic carbocycles. The van der Waals surface area contributed by atoms with Crippen LogP contribution < -0.4 is 14.7 Å². The summed E-state index contributed by atoms with van der Waals surface area (Å²) in [5, 5.41) is 1.92. The molecule has 246 valence electrons. The summed E-state index contributed by atoms with van der Waals surface area (Å²) in [5.74, 6) is -2.17. The van der Waals surface area contributed by atoms with Crippen molar-refractivity contribution in [3.63, 3.8) is 0 Å². The Balaban J connectivity index is 1.24. The highest BCUT2D eigenvalue weighted by Crippen LogP contribution is 2.51. The van der Waals surface area contributed by atoms with E-state index >= 15 is 0 Å². The topological polar surface area (TPSA) is 102 Å². The molecule has 3 aliphatic rings. The van der Waals surface area contributed by atoms with Crippen LogP contribution in [0, 0.1) is 17.3 Å². The number of thiophene rings is 1. The Morgan fingerprint density at radius 1 is 0.875 bits per heavy atom. The second-order valence-corrected chi connectivity index (χ2v) is 14.6. The minimum atomic E-state index is -1.11. The molecule has 0 radical (unpaired) electrons. The van der Waals surface area contributed by atoms with Crippen LogP contribution in [0.3, 0.4) is 0 Å². The van der Waals surface area contributed by atoms with Gasteiger partial charge in [0, 0.05) is 4.88 Å². The van der Waals surface area contributed by atoms with Gasteiger partial charge in [-0.15, -0.1) is 11.3 Å². The van der Waals surface area contributed by atoms with Crippen molar-refractivity contribution in [3.05, 3.63) is 112 Å². The summed E-state index contributed by atoms with van der Waals surface area (Å²) in [6.07, 6.45) is 1.23. The van der Waals surface area contributed by atoms with Gasteiger partial charge in [0.15, 0.2) is 6.10 Å². The molecule has 0 N–H and O–H groups in total. The minimum Gasteiger partial charge on any atom is -0.465 e. The van der Waals surface area contributed by atoms with Gasteiger partial charge >= 0.3 is 11.9 Å². The van der Waals surface area contributed by atoms with Crippen molar-refractivity contribution < 1.29 is 33.5 Å². The summed E-state index contributed by atoms with van der Waals surface area (Å²) in [6.45, 7) is 6.63. The quantitative estimate of drug-likeness (QED) is 0.124. The van der Waals surface area contributed by atoms with E-state index in [1.807, 2.05) is 36.4 Å². The van der Waals surface area contributed by atoms with Crippen LogP contribution in [0.5, 0.6) is 5.75 Å². The monoisotopic (exact) mass is 664 g/mol. The Labute approximate surface area is 283 Å². The van der Waals surface area contributed by atoms with Gasteiger partial charge in [-0.3, -0.25) is 14.4 Å².